The summed E-state index contributed by atoms with van der Waals surface area (Å²) in [5, 5.41) is 11.7. The van der Waals surface area contributed by atoms with Crippen LogP contribution in [0.1, 0.15) is 27.0 Å². The number of carbonyl (C=O) groups is 1. The molecule has 1 aliphatic heterocycles. The Labute approximate surface area is 176 Å². The topological polar surface area (TPSA) is 59.0 Å². The molecular weight excluding hydrogens is 378 g/mol. The van der Waals surface area contributed by atoms with Crippen LogP contribution >= 0.6 is 0 Å². The van der Waals surface area contributed by atoms with Crippen LogP contribution in [-0.4, -0.2) is 36.7 Å². The maximum absolute atomic E-state index is 13.2. The minimum absolute atomic E-state index is 0.149. The Balaban J connectivity index is 1.63. The van der Waals surface area contributed by atoms with Crippen LogP contribution in [0.15, 0.2) is 72.8 Å². The molecule has 1 N–H and O–H groups in total. The number of aliphatic hydroxyl groups is 1. The molecule has 0 radical (unpaired) electrons. The number of fused-ring (bicyclic) bond motifs is 1. The molecule has 0 saturated heterocycles. The maximum Gasteiger partial charge on any atom is 0.256 e. The van der Waals surface area contributed by atoms with Gasteiger partial charge in [0.1, 0.15) is 0 Å². The van der Waals surface area contributed by atoms with Crippen molar-refractivity contribution in [3.63, 3.8) is 0 Å². The van der Waals surface area contributed by atoms with E-state index in [9.17, 15) is 9.90 Å². The lowest BCUT2D eigenvalue weighted by molar-refractivity contribution is -0.0831. The summed E-state index contributed by atoms with van der Waals surface area (Å²) in [5.74, 6) is 1.15. The lowest BCUT2D eigenvalue weighted by Gasteiger charge is -2.35. The average molecular weight is 403 g/mol. The first-order valence-corrected chi connectivity index (χ1v) is 9.95. The standard InChI is InChI=1S/C25H25NO4/c1-29-22-13-12-18(16-23(22)30-2)14-15-26-24(27)20-10-6-7-11-21(20)25(26,28)17-19-8-4-3-5-9-19/h3-13,16,28H,14-15,17H2,1-2H3. The molecular formula is C25H25NO4. The summed E-state index contributed by atoms with van der Waals surface area (Å²) in [6.45, 7) is 0.381. The van der Waals surface area contributed by atoms with Gasteiger partial charge in [-0.2, -0.15) is 0 Å². The van der Waals surface area contributed by atoms with Gasteiger partial charge in [0.25, 0.3) is 5.91 Å². The van der Waals surface area contributed by atoms with E-state index in [-0.39, 0.29) is 5.91 Å². The molecule has 5 heteroatoms. The molecule has 0 bridgehead atoms. The van der Waals surface area contributed by atoms with E-state index in [0.717, 1.165) is 11.1 Å². The third kappa shape index (κ3) is 3.53. The number of amides is 1. The van der Waals surface area contributed by atoms with Gasteiger partial charge >= 0.3 is 0 Å². The van der Waals surface area contributed by atoms with Crippen molar-refractivity contribution >= 4 is 5.91 Å². The molecule has 4 rings (SSSR count). The van der Waals surface area contributed by atoms with Crippen molar-refractivity contribution in [3.8, 4) is 11.5 Å². The number of rotatable bonds is 7. The molecule has 0 fully saturated rings. The number of methoxy groups -OCH3 is 2. The highest BCUT2D eigenvalue weighted by atomic mass is 16.5. The van der Waals surface area contributed by atoms with Crippen LogP contribution in [0.4, 0.5) is 0 Å². The van der Waals surface area contributed by atoms with Gasteiger partial charge in [0.05, 0.1) is 14.2 Å². The van der Waals surface area contributed by atoms with Gasteiger partial charge in [0.15, 0.2) is 17.2 Å². The van der Waals surface area contributed by atoms with E-state index in [1.165, 1.54) is 0 Å². The van der Waals surface area contributed by atoms with Crippen LogP contribution in [0.3, 0.4) is 0 Å². The fourth-order valence-corrected chi connectivity index (χ4v) is 4.11. The zero-order valence-electron chi connectivity index (χ0n) is 17.2. The first kappa shape index (κ1) is 20.0. The molecule has 154 valence electrons. The van der Waals surface area contributed by atoms with Crippen molar-refractivity contribution in [3.05, 3.63) is 95.1 Å². The zero-order chi connectivity index (χ0) is 21.1. The number of hydrogen-bond acceptors (Lipinski definition) is 4. The molecule has 1 amide bonds. The van der Waals surface area contributed by atoms with Crippen LogP contribution in [0.5, 0.6) is 11.5 Å². The second-order valence-electron chi connectivity index (χ2n) is 7.42. The minimum Gasteiger partial charge on any atom is -0.493 e. The first-order valence-electron chi connectivity index (χ1n) is 9.95. The highest BCUT2D eigenvalue weighted by Gasteiger charge is 2.47. The van der Waals surface area contributed by atoms with Crippen molar-refractivity contribution in [2.24, 2.45) is 0 Å². The number of carbonyl (C=O) groups excluding carboxylic acids is 1. The van der Waals surface area contributed by atoms with Crippen molar-refractivity contribution in [2.45, 2.75) is 18.6 Å². The van der Waals surface area contributed by atoms with Gasteiger partial charge in [0, 0.05) is 24.1 Å². The third-order valence-electron chi connectivity index (χ3n) is 5.65. The molecule has 1 aliphatic rings. The van der Waals surface area contributed by atoms with Crippen molar-refractivity contribution < 1.29 is 19.4 Å². The van der Waals surface area contributed by atoms with Crippen LogP contribution in [0, 0.1) is 0 Å². The van der Waals surface area contributed by atoms with Gasteiger partial charge in [-0.15, -0.1) is 0 Å². The molecule has 5 nitrogen and oxygen atoms in total. The smallest absolute Gasteiger partial charge is 0.256 e. The summed E-state index contributed by atoms with van der Waals surface area (Å²) in [6.07, 6.45) is 0.916. The molecule has 0 aromatic heterocycles. The molecule has 3 aromatic rings. The Morgan fingerprint density at radius 2 is 1.57 bits per heavy atom. The van der Waals surface area contributed by atoms with Crippen LogP contribution in [0.2, 0.25) is 0 Å². The average Bonchev–Trinajstić information content (AvgIpc) is 2.99. The number of benzene rings is 3. The third-order valence-corrected chi connectivity index (χ3v) is 5.65. The fraction of sp³-hybridized carbons (Fsp3) is 0.240. The first-order chi connectivity index (χ1) is 14.6. The molecule has 1 unspecified atom stereocenters. The predicted molar refractivity (Wildman–Crippen MR) is 115 cm³/mol. The molecule has 0 saturated carbocycles. The van der Waals surface area contributed by atoms with Gasteiger partial charge in [-0.05, 0) is 35.7 Å². The molecule has 3 aromatic carbocycles. The summed E-state index contributed by atoms with van der Waals surface area (Å²) >= 11 is 0. The van der Waals surface area contributed by atoms with Crippen molar-refractivity contribution in [1.82, 2.24) is 4.90 Å². The molecule has 0 spiro atoms. The van der Waals surface area contributed by atoms with Crippen LogP contribution in [-0.2, 0) is 18.6 Å². The zero-order valence-corrected chi connectivity index (χ0v) is 17.2. The van der Waals surface area contributed by atoms with Gasteiger partial charge in [-0.3, -0.25) is 4.79 Å². The Hall–Kier alpha value is -3.31. The van der Waals surface area contributed by atoms with E-state index in [1.807, 2.05) is 66.7 Å². The predicted octanol–water partition coefficient (Wildman–Crippen LogP) is 3.79. The summed E-state index contributed by atoms with van der Waals surface area (Å²) in [6, 6.07) is 22.8. The molecule has 30 heavy (non-hydrogen) atoms. The van der Waals surface area contributed by atoms with Gasteiger partial charge in [0.2, 0.25) is 0 Å². The van der Waals surface area contributed by atoms with E-state index in [0.29, 0.717) is 42.0 Å². The summed E-state index contributed by atoms with van der Waals surface area (Å²) in [7, 11) is 3.20. The van der Waals surface area contributed by atoms with E-state index >= 15 is 0 Å². The highest BCUT2D eigenvalue weighted by Crippen LogP contribution is 2.40. The summed E-state index contributed by atoms with van der Waals surface area (Å²) in [4.78, 5) is 14.8. The SMILES string of the molecule is COc1ccc(CCN2C(=O)c3ccccc3C2(O)Cc2ccccc2)cc1OC. The maximum atomic E-state index is 13.2. The van der Waals surface area contributed by atoms with Crippen molar-refractivity contribution in [1.29, 1.82) is 0 Å². The molecule has 1 heterocycles. The molecule has 1 atom stereocenters. The van der Waals surface area contributed by atoms with E-state index in [1.54, 1.807) is 25.2 Å². The van der Waals surface area contributed by atoms with Gasteiger partial charge in [-0.1, -0.05) is 54.6 Å². The normalized spacial score (nSPS) is 17.7. The van der Waals surface area contributed by atoms with E-state index in [2.05, 4.69) is 0 Å². The Bertz CT molecular complexity index is 1050. The Morgan fingerprint density at radius 1 is 0.867 bits per heavy atom. The number of ether oxygens (including phenoxy) is 2. The minimum atomic E-state index is -1.38. The highest BCUT2D eigenvalue weighted by molar-refractivity contribution is 5.99. The molecule has 0 aliphatic carbocycles. The summed E-state index contributed by atoms with van der Waals surface area (Å²) in [5.41, 5.74) is 1.81. The second kappa shape index (κ2) is 8.20. The number of hydrogen-bond donors (Lipinski definition) is 1. The van der Waals surface area contributed by atoms with Crippen LogP contribution < -0.4 is 9.47 Å². The monoisotopic (exact) mass is 403 g/mol. The fourth-order valence-electron chi connectivity index (χ4n) is 4.11. The van der Waals surface area contributed by atoms with Crippen molar-refractivity contribution in [2.75, 3.05) is 20.8 Å². The van der Waals surface area contributed by atoms with E-state index < -0.39 is 5.72 Å². The number of nitrogens with zero attached hydrogens (tertiary/aromatic N) is 1. The lowest BCUT2D eigenvalue weighted by atomic mass is 9.94. The summed E-state index contributed by atoms with van der Waals surface area (Å²) < 4.78 is 10.7. The lowest BCUT2D eigenvalue weighted by Crippen LogP contribution is -2.46. The van der Waals surface area contributed by atoms with E-state index in [4.69, 9.17) is 9.47 Å². The Kier molecular flexibility index (Phi) is 5.46. The second-order valence-corrected chi connectivity index (χ2v) is 7.42. The van der Waals surface area contributed by atoms with Gasteiger partial charge < -0.3 is 19.5 Å². The Morgan fingerprint density at radius 3 is 2.30 bits per heavy atom. The van der Waals surface area contributed by atoms with Crippen LogP contribution in [0.25, 0.3) is 0 Å². The quantitative estimate of drug-likeness (QED) is 0.652. The van der Waals surface area contributed by atoms with Gasteiger partial charge in [-0.25, -0.2) is 0 Å². The largest absolute Gasteiger partial charge is 0.493 e.